The number of nitrogens with zero attached hydrogens (tertiary/aromatic N) is 2. The third-order valence-electron chi connectivity index (χ3n) is 1.90. The van der Waals surface area contributed by atoms with E-state index in [0.717, 1.165) is 10.2 Å². The Bertz CT molecular complexity index is 471. The maximum Gasteiger partial charge on any atom is 0.239 e. The third kappa shape index (κ3) is 2.68. The molecule has 0 saturated heterocycles. The fourth-order valence-corrected chi connectivity index (χ4v) is 1.44. The molecular formula is C10H10BrN5. The van der Waals surface area contributed by atoms with Crippen LogP contribution in [0.3, 0.4) is 0 Å². The van der Waals surface area contributed by atoms with Crippen molar-refractivity contribution in [2.45, 2.75) is 0 Å². The Kier molecular flexibility index (Phi) is 3.33. The van der Waals surface area contributed by atoms with Gasteiger partial charge >= 0.3 is 0 Å². The summed E-state index contributed by atoms with van der Waals surface area (Å²) < 4.78 is 1.03. The molecule has 6 heteroatoms. The fraction of sp³-hybridized carbons (Fsp3) is 0. The van der Waals surface area contributed by atoms with Gasteiger partial charge in [-0.25, -0.2) is 10.8 Å². The Labute approximate surface area is 101 Å². The molecule has 0 amide bonds. The highest BCUT2D eigenvalue weighted by Crippen LogP contribution is 2.17. The molecule has 1 aromatic carbocycles. The summed E-state index contributed by atoms with van der Waals surface area (Å²) in [5.41, 5.74) is 3.34. The van der Waals surface area contributed by atoms with Gasteiger partial charge in [-0.1, -0.05) is 15.9 Å². The summed E-state index contributed by atoms with van der Waals surface area (Å²) >= 11 is 3.37. The SMILES string of the molecule is NNc1nccc(Nc2ccc(Br)cc2)n1. The first-order valence-electron chi connectivity index (χ1n) is 4.60. The molecule has 1 aromatic heterocycles. The van der Waals surface area contributed by atoms with Gasteiger partial charge in [0.2, 0.25) is 5.95 Å². The lowest BCUT2D eigenvalue weighted by molar-refractivity contribution is 1.12. The van der Waals surface area contributed by atoms with E-state index in [1.54, 1.807) is 12.3 Å². The zero-order valence-corrected chi connectivity index (χ0v) is 9.90. The molecule has 0 bridgehead atoms. The average Bonchev–Trinajstić information content (AvgIpc) is 2.32. The van der Waals surface area contributed by atoms with Crippen LogP contribution >= 0.6 is 15.9 Å². The number of hydrogen-bond acceptors (Lipinski definition) is 5. The van der Waals surface area contributed by atoms with Gasteiger partial charge in [0.25, 0.3) is 0 Å². The highest BCUT2D eigenvalue weighted by molar-refractivity contribution is 9.10. The van der Waals surface area contributed by atoms with Gasteiger partial charge in [0, 0.05) is 16.4 Å². The summed E-state index contributed by atoms with van der Waals surface area (Å²) in [6.07, 6.45) is 1.63. The van der Waals surface area contributed by atoms with E-state index in [4.69, 9.17) is 5.84 Å². The predicted molar refractivity (Wildman–Crippen MR) is 67.3 cm³/mol. The van der Waals surface area contributed by atoms with E-state index in [1.807, 2.05) is 24.3 Å². The molecule has 0 fully saturated rings. The second-order valence-electron chi connectivity index (χ2n) is 3.04. The summed E-state index contributed by atoms with van der Waals surface area (Å²) in [6.45, 7) is 0. The number of nitrogen functional groups attached to an aromatic ring is 1. The van der Waals surface area contributed by atoms with Crippen molar-refractivity contribution in [3.8, 4) is 0 Å². The Morgan fingerprint density at radius 1 is 1.12 bits per heavy atom. The molecule has 0 radical (unpaired) electrons. The van der Waals surface area contributed by atoms with Crippen LogP contribution in [0.4, 0.5) is 17.5 Å². The van der Waals surface area contributed by atoms with Crippen LogP contribution in [0.1, 0.15) is 0 Å². The van der Waals surface area contributed by atoms with E-state index in [-0.39, 0.29) is 0 Å². The maximum absolute atomic E-state index is 5.22. The van der Waals surface area contributed by atoms with Crippen LogP contribution in [-0.4, -0.2) is 9.97 Å². The first-order chi connectivity index (χ1) is 7.78. The minimum absolute atomic E-state index is 0.377. The lowest BCUT2D eigenvalue weighted by Gasteiger charge is -2.06. The number of hydrazine groups is 1. The second kappa shape index (κ2) is 4.91. The van der Waals surface area contributed by atoms with Crippen molar-refractivity contribution in [2.24, 2.45) is 5.84 Å². The number of hydrogen-bond donors (Lipinski definition) is 3. The number of nitrogens with two attached hydrogens (primary N) is 1. The van der Waals surface area contributed by atoms with Gasteiger partial charge in [0.15, 0.2) is 0 Å². The highest BCUT2D eigenvalue weighted by atomic mass is 79.9. The number of nitrogens with one attached hydrogen (secondary N) is 2. The molecule has 0 saturated carbocycles. The molecule has 0 unspecified atom stereocenters. The molecule has 2 aromatic rings. The third-order valence-corrected chi connectivity index (χ3v) is 2.43. The molecule has 16 heavy (non-hydrogen) atoms. The molecule has 0 aliphatic heterocycles. The van der Waals surface area contributed by atoms with Crippen molar-refractivity contribution in [1.29, 1.82) is 0 Å². The molecule has 0 aliphatic carbocycles. The molecule has 0 atom stereocenters. The van der Waals surface area contributed by atoms with Crippen LogP contribution in [0.5, 0.6) is 0 Å². The summed E-state index contributed by atoms with van der Waals surface area (Å²) in [5.74, 6) is 6.29. The van der Waals surface area contributed by atoms with Crippen LogP contribution in [0.2, 0.25) is 0 Å². The Morgan fingerprint density at radius 3 is 2.56 bits per heavy atom. The predicted octanol–water partition coefficient (Wildman–Crippen LogP) is 2.27. The number of halogens is 1. The van der Waals surface area contributed by atoms with Gasteiger partial charge in [-0.05, 0) is 30.3 Å². The highest BCUT2D eigenvalue weighted by Gasteiger charge is 1.98. The first kappa shape index (κ1) is 10.8. The van der Waals surface area contributed by atoms with Crippen LogP contribution in [0.15, 0.2) is 41.0 Å². The van der Waals surface area contributed by atoms with Crippen LogP contribution in [0, 0.1) is 0 Å². The Balaban J connectivity index is 2.16. The summed E-state index contributed by atoms with van der Waals surface area (Å²) in [4.78, 5) is 8.06. The number of rotatable bonds is 3. The zero-order valence-electron chi connectivity index (χ0n) is 8.31. The van der Waals surface area contributed by atoms with E-state index < -0.39 is 0 Å². The van der Waals surface area contributed by atoms with Crippen LogP contribution < -0.4 is 16.6 Å². The molecule has 5 nitrogen and oxygen atoms in total. The van der Waals surface area contributed by atoms with Gasteiger partial charge in [-0.3, -0.25) is 5.43 Å². The van der Waals surface area contributed by atoms with Crippen molar-refractivity contribution >= 4 is 33.4 Å². The summed E-state index contributed by atoms with van der Waals surface area (Å²) in [6, 6.07) is 9.56. The number of aromatic nitrogens is 2. The monoisotopic (exact) mass is 279 g/mol. The van der Waals surface area contributed by atoms with Gasteiger partial charge in [-0.2, -0.15) is 4.98 Å². The molecule has 82 valence electrons. The lowest BCUT2D eigenvalue weighted by atomic mass is 10.3. The molecule has 2 rings (SSSR count). The largest absolute Gasteiger partial charge is 0.340 e. The number of benzene rings is 1. The minimum atomic E-state index is 0.377. The number of anilines is 3. The maximum atomic E-state index is 5.22. The van der Waals surface area contributed by atoms with Crippen LogP contribution in [0.25, 0.3) is 0 Å². The molecule has 0 spiro atoms. The summed E-state index contributed by atoms with van der Waals surface area (Å²) in [7, 11) is 0. The molecular weight excluding hydrogens is 270 g/mol. The molecule has 0 aliphatic rings. The normalized spacial score (nSPS) is 9.88. The van der Waals surface area contributed by atoms with E-state index in [9.17, 15) is 0 Å². The minimum Gasteiger partial charge on any atom is -0.340 e. The van der Waals surface area contributed by atoms with Crippen molar-refractivity contribution in [2.75, 3.05) is 10.7 Å². The van der Waals surface area contributed by atoms with Gasteiger partial charge in [0.1, 0.15) is 5.82 Å². The molecule has 4 N–H and O–H groups in total. The van der Waals surface area contributed by atoms with Gasteiger partial charge in [-0.15, -0.1) is 0 Å². The first-order valence-corrected chi connectivity index (χ1v) is 5.39. The van der Waals surface area contributed by atoms with E-state index in [2.05, 4.69) is 36.6 Å². The standard InChI is InChI=1S/C10H10BrN5/c11-7-1-3-8(4-2-7)14-9-5-6-13-10(15-9)16-12/h1-6H,12H2,(H2,13,14,15,16). The summed E-state index contributed by atoms with van der Waals surface area (Å²) in [5, 5.41) is 3.14. The molecule has 1 heterocycles. The van der Waals surface area contributed by atoms with Gasteiger partial charge in [0.05, 0.1) is 0 Å². The van der Waals surface area contributed by atoms with E-state index >= 15 is 0 Å². The van der Waals surface area contributed by atoms with Crippen molar-refractivity contribution < 1.29 is 0 Å². The van der Waals surface area contributed by atoms with E-state index in [1.165, 1.54) is 0 Å². The Hall–Kier alpha value is -1.66. The van der Waals surface area contributed by atoms with Gasteiger partial charge < -0.3 is 5.32 Å². The van der Waals surface area contributed by atoms with Crippen LogP contribution in [-0.2, 0) is 0 Å². The topological polar surface area (TPSA) is 75.9 Å². The van der Waals surface area contributed by atoms with Crippen molar-refractivity contribution in [3.63, 3.8) is 0 Å². The van der Waals surface area contributed by atoms with Crippen molar-refractivity contribution in [3.05, 3.63) is 41.0 Å². The quantitative estimate of drug-likeness (QED) is 0.594. The smallest absolute Gasteiger partial charge is 0.239 e. The zero-order chi connectivity index (χ0) is 11.4. The average molecular weight is 280 g/mol. The second-order valence-corrected chi connectivity index (χ2v) is 3.96. The Morgan fingerprint density at radius 2 is 1.88 bits per heavy atom. The fourth-order valence-electron chi connectivity index (χ4n) is 1.18. The van der Waals surface area contributed by atoms with Crippen molar-refractivity contribution in [1.82, 2.24) is 9.97 Å². The van der Waals surface area contributed by atoms with E-state index in [0.29, 0.717) is 11.8 Å². The lowest BCUT2D eigenvalue weighted by Crippen LogP contribution is -2.10.